The fraction of sp³-hybridized carbons (Fsp3) is 0.273. The van der Waals surface area contributed by atoms with Gasteiger partial charge in [-0.1, -0.05) is 15.9 Å². The van der Waals surface area contributed by atoms with Crippen LogP contribution in [0.5, 0.6) is 5.75 Å². The first-order valence-corrected chi connectivity index (χ1v) is 6.17. The maximum atomic E-state index is 5.55. The van der Waals surface area contributed by atoms with Crippen LogP contribution < -0.4 is 16.0 Å². The van der Waals surface area contributed by atoms with E-state index in [-0.39, 0.29) is 6.04 Å². The fourth-order valence-electron chi connectivity index (χ4n) is 1.67. The number of nitrogens with two attached hydrogens (primary N) is 1. The third-order valence-corrected chi connectivity index (χ3v) is 3.42. The molecule has 0 aliphatic carbocycles. The summed E-state index contributed by atoms with van der Waals surface area (Å²) in [6.07, 6.45) is 2.13. The summed E-state index contributed by atoms with van der Waals surface area (Å²) in [7, 11) is 1.64. The minimum absolute atomic E-state index is 0.129. The molecule has 4 N–H and O–H groups in total. The number of nitrogens with zero attached hydrogens (tertiary/aromatic N) is 2. The number of nitrogens with one attached hydrogen (secondary N) is 2. The van der Waals surface area contributed by atoms with Gasteiger partial charge in [0.15, 0.2) is 0 Å². The van der Waals surface area contributed by atoms with Crippen LogP contribution in [0, 0.1) is 0 Å². The number of halogens is 1. The number of aromatic nitrogens is 3. The van der Waals surface area contributed by atoms with Gasteiger partial charge in [0.25, 0.3) is 0 Å². The van der Waals surface area contributed by atoms with E-state index in [0.717, 1.165) is 15.8 Å². The standard InChI is InChI=1S/C11H14BrN5O/c1-18-8-2-3-9(12)7(4-8)5-10(16-13)11-14-6-15-17-11/h2-4,6,10,16H,5,13H2,1H3,(H,14,15,17). The van der Waals surface area contributed by atoms with E-state index in [4.69, 9.17) is 10.6 Å². The van der Waals surface area contributed by atoms with E-state index in [9.17, 15) is 0 Å². The normalized spacial score (nSPS) is 12.4. The summed E-state index contributed by atoms with van der Waals surface area (Å²) in [6.45, 7) is 0. The maximum Gasteiger partial charge on any atom is 0.143 e. The zero-order valence-corrected chi connectivity index (χ0v) is 11.4. The monoisotopic (exact) mass is 311 g/mol. The molecule has 0 spiro atoms. The van der Waals surface area contributed by atoms with Crippen LogP contribution in [-0.4, -0.2) is 22.3 Å². The molecule has 18 heavy (non-hydrogen) atoms. The van der Waals surface area contributed by atoms with E-state index in [2.05, 4.69) is 36.5 Å². The van der Waals surface area contributed by atoms with Crippen molar-refractivity contribution in [2.75, 3.05) is 7.11 Å². The van der Waals surface area contributed by atoms with E-state index in [1.807, 2.05) is 18.2 Å². The molecule has 0 saturated carbocycles. The molecule has 96 valence electrons. The van der Waals surface area contributed by atoms with Crippen LogP contribution in [0.2, 0.25) is 0 Å². The van der Waals surface area contributed by atoms with Gasteiger partial charge in [0.1, 0.15) is 17.9 Å². The summed E-state index contributed by atoms with van der Waals surface area (Å²) in [5.41, 5.74) is 3.80. The lowest BCUT2D eigenvalue weighted by molar-refractivity contribution is 0.413. The third-order valence-electron chi connectivity index (χ3n) is 2.64. The quantitative estimate of drug-likeness (QED) is 0.572. The van der Waals surface area contributed by atoms with E-state index >= 15 is 0 Å². The van der Waals surface area contributed by atoms with Gasteiger partial charge in [-0.15, -0.1) is 0 Å². The lowest BCUT2D eigenvalue weighted by Gasteiger charge is -2.14. The molecule has 2 aromatic rings. The predicted molar refractivity (Wildman–Crippen MR) is 70.8 cm³/mol. The molecule has 0 amide bonds. The minimum Gasteiger partial charge on any atom is -0.497 e. The van der Waals surface area contributed by atoms with Gasteiger partial charge < -0.3 is 4.74 Å². The van der Waals surface area contributed by atoms with Gasteiger partial charge in [-0.3, -0.25) is 10.9 Å². The first-order valence-electron chi connectivity index (χ1n) is 5.38. The molecule has 0 fully saturated rings. The van der Waals surface area contributed by atoms with Crippen LogP contribution in [0.15, 0.2) is 29.0 Å². The van der Waals surface area contributed by atoms with Crippen molar-refractivity contribution >= 4 is 15.9 Å². The number of H-pyrrole nitrogens is 1. The number of methoxy groups -OCH3 is 1. The largest absolute Gasteiger partial charge is 0.497 e. The number of hydrogen-bond acceptors (Lipinski definition) is 5. The van der Waals surface area contributed by atoms with E-state index in [1.165, 1.54) is 6.33 Å². The van der Waals surface area contributed by atoms with Crippen molar-refractivity contribution in [2.45, 2.75) is 12.5 Å². The van der Waals surface area contributed by atoms with Crippen molar-refractivity contribution in [3.63, 3.8) is 0 Å². The minimum atomic E-state index is -0.129. The van der Waals surface area contributed by atoms with Crippen molar-refractivity contribution in [1.29, 1.82) is 0 Å². The summed E-state index contributed by atoms with van der Waals surface area (Å²) in [4.78, 5) is 4.10. The molecule has 1 heterocycles. The molecule has 6 nitrogen and oxygen atoms in total. The zero-order valence-electron chi connectivity index (χ0n) is 9.85. The average Bonchev–Trinajstić information content (AvgIpc) is 2.91. The molecular formula is C11H14BrN5O. The zero-order chi connectivity index (χ0) is 13.0. The molecule has 0 aliphatic heterocycles. The number of aromatic amines is 1. The molecular weight excluding hydrogens is 298 g/mol. The van der Waals surface area contributed by atoms with Crippen molar-refractivity contribution < 1.29 is 4.74 Å². The summed E-state index contributed by atoms with van der Waals surface area (Å²) >= 11 is 3.51. The molecule has 1 atom stereocenters. The highest BCUT2D eigenvalue weighted by molar-refractivity contribution is 9.10. The highest BCUT2D eigenvalue weighted by atomic mass is 79.9. The summed E-state index contributed by atoms with van der Waals surface area (Å²) in [5, 5.41) is 6.63. The van der Waals surface area contributed by atoms with Crippen LogP contribution in [0.3, 0.4) is 0 Å². The van der Waals surface area contributed by atoms with Crippen LogP contribution in [0.25, 0.3) is 0 Å². The Morgan fingerprint density at radius 2 is 2.39 bits per heavy atom. The lowest BCUT2D eigenvalue weighted by Crippen LogP contribution is -2.30. The number of benzene rings is 1. The van der Waals surface area contributed by atoms with Gasteiger partial charge in [0.2, 0.25) is 0 Å². The molecule has 0 saturated heterocycles. The van der Waals surface area contributed by atoms with E-state index in [1.54, 1.807) is 7.11 Å². The smallest absolute Gasteiger partial charge is 0.143 e. The van der Waals surface area contributed by atoms with Gasteiger partial charge >= 0.3 is 0 Å². The molecule has 1 aromatic carbocycles. The first-order chi connectivity index (χ1) is 8.74. The SMILES string of the molecule is COc1ccc(Br)c(CC(NN)c2ncn[nH]2)c1. The highest BCUT2D eigenvalue weighted by Crippen LogP contribution is 2.26. The van der Waals surface area contributed by atoms with E-state index in [0.29, 0.717) is 12.2 Å². The Hall–Kier alpha value is -1.44. The summed E-state index contributed by atoms with van der Waals surface area (Å²) < 4.78 is 6.21. The number of rotatable bonds is 5. The second kappa shape index (κ2) is 5.94. The Morgan fingerprint density at radius 3 is 3.00 bits per heavy atom. The molecule has 1 unspecified atom stereocenters. The Labute approximate surface area is 113 Å². The Balaban J connectivity index is 2.21. The summed E-state index contributed by atoms with van der Waals surface area (Å²) in [5.74, 6) is 7.06. The first kappa shape index (κ1) is 13.0. The van der Waals surface area contributed by atoms with Crippen molar-refractivity contribution in [3.8, 4) is 5.75 Å². The van der Waals surface area contributed by atoms with Crippen molar-refractivity contribution in [3.05, 3.63) is 40.4 Å². The molecule has 0 bridgehead atoms. The molecule has 1 aromatic heterocycles. The predicted octanol–water partition coefficient (Wildman–Crippen LogP) is 1.32. The van der Waals surface area contributed by atoms with Crippen molar-refractivity contribution in [2.24, 2.45) is 5.84 Å². The third kappa shape index (κ3) is 2.87. The van der Waals surface area contributed by atoms with Gasteiger partial charge in [-0.25, -0.2) is 10.4 Å². The van der Waals surface area contributed by atoms with Crippen LogP contribution in [0.4, 0.5) is 0 Å². The topological polar surface area (TPSA) is 88.8 Å². The number of ether oxygens (including phenoxy) is 1. The highest BCUT2D eigenvalue weighted by Gasteiger charge is 2.15. The maximum absolute atomic E-state index is 5.55. The Kier molecular flexibility index (Phi) is 4.29. The molecule has 7 heteroatoms. The fourth-order valence-corrected chi connectivity index (χ4v) is 2.08. The van der Waals surface area contributed by atoms with Crippen LogP contribution >= 0.6 is 15.9 Å². The second-order valence-corrected chi connectivity index (χ2v) is 4.61. The number of hydrazine groups is 1. The van der Waals surface area contributed by atoms with Gasteiger partial charge in [-0.05, 0) is 30.2 Å². The van der Waals surface area contributed by atoms with Crippen LogP contribution in [-0.2, 0) is 6.42 Å². The van der Waals surface area contributed by atoms with E-state index < -0.39 is 0 Å². The Morgan fingerprint density at radius 1 is 1.56 bits per heavy atom. The summed E-state index contributed by atoms with van der Waals surface area (Å²) in [6, 6.07) is 5.68. The van der Waals surface area contributed by atoms with Crippen LogP contribution in [0.1, 0.15) is 17.4 Å². The van der Waals surface area contributed by atoms with Gasteiger partial charge in [0.05, 0.1) is 13.2 Å². The molecule has 0 radical (unpaired) electrons. The molecule has 0 aliphatic rings. The average molecular weight is 312 g/mol. The Bertz CT molecular complexity index is 502. The van der Waals surface area contributed by atoms with Crippen molar-refractivity contribution in [1.82, 2.24) is 20.6 Å². The van der Waals surface area contributed by atoms with Gasteiger partial charge in [0, 0.05) is 4.47 Å². The second-order valence-electron chi connectivity index (χ2n) is 3.75. The van der Waals surface area contributed by atoms with Gasteiger partial charge in [-0.2, -0.15) is 5.10 Å². The number of hydrogen-bond donors (Lipinski definition) is 3. The molecule has 2 rings (SSSR count). The lowest BCUT2D eigenvalue weighted by atomic mass is 10.1.